The van der Waals surface area contributed by atoms with E-state index in [4.69, 9.17) is 0 Å². The summed E-state index contributed by atoms with van der Waals surface area (Å²) in [5.74, 6) is -0.0340. The van der Waals surface area contributed by atoms with Crippen LogP contribution in [-0.4, -0.2) is 52.2 Å². The molecule has 2 aromatic rings. The summed E-state index contributed by atoms with van der Waals surface area (Å²) in [6.45, 7) is 3.90. The fourth-order valence-electron chi connectivity index (χ4n) is 3.57. The topological polar surface area (TPSA) is 70.5 Å². The van der Waals surface area contributed by atoms with Crippen molar-refractivity contribution in [3.05, 3.63) is 42.7 Å². The first-order valence-corrected chi connectivity index (χ1v) is 8.54. The van der Waals surface area contributed by atoms with E-state index in [1.165, 1.54) is 0 Å². The average Bonchev–Trinajstić information content (AvgIpc) is 3.01. The maximum atomic E-state index is 12.9. The van der Waals surface area contributed by atoms with Crippen molar-refractivity contribution in [2.45, 2.75) is 25.4 Å². The van der Waals surface area contributed by atoms with Crippen molar-refractivity contribution in [3.8, 4) is 0 Å². The Bertz CT molecular complexity index is 783. The highest BCUT2D eigenvalue weighted by Crippen LogP contribution is 2.31. The number of para-hydroxylation sites is 2. The molecule has 1 saturated heterocycles. The highest BCUT2D eigenvalue weighted by molar-refractivity contribution is 6.04. The van der Waals surface area contributed by atoms with Crippen LogP contribution < -0.4 is 10.2 Å². The van der Waals surface area contributed by atoms with Crippen LogP contribution in [0.2, 0.25) is 0 Å². The number of likely N-dealkylation sites (tertiary alicyclic amines) is 1. The van der Waals surface area contributed by atoms with Crippen molar-refractivity contribution in [1.82, 2.24) is 14.7 Å². The Hall–Kier alpha value is -2.67. The molecule has 7 nitrogen and oxygen atoms in total. The van der Waals surface area contributed by atoms with Crippen molar-refractivity contribution >= 4 is 23.2 Å². The first-order valence-electron chi connectivity index (χ1n) is 8.54. The largest absolute Gasteiger partial charge is 0.324 e. The summed E-state index contributed by atoms with van der Waals surface area (Å²) < 4.78 is 1.94. The number of hydrogen-bond acceptors (Lipinski definition) is 4. The molecule has 7 heteroatoms. The zero-order valence-corrected chi connectivity index (χ0v) is 14.1. The monoisotopic (exact) mass is 339 g/mol. The second-order valence-electron chi connectivity index (χ2n) is 6.72. The van der Waals surface area contributed by atoms with E-state index >= 15 is 0 Å². The maximum absolute atomic E-state index is 12.9. The minimum absolute atomic E-state index is 0.0235. The van der Waals surface area contributed by atoms with Gasteiger partial charge in [0.15, 0.2) is 0 Å². The fraction of sp³-hybridized carbons (Fsp3) is 0.389. The Morgan fingerprint density at radius 1 is 1.28 bits per heavy atom. The van der Waals surface area contributed by atoms with Gasteiger partial charge in [-0.3, -0.25) is 19.2 Å². The number of nitrogens with zero attached hydrogens (tertiary/aromatic N) is 4. The van der Waals surface area contributed by atoms with Crippen LogP contribution in [0.5, 0.6) is 0 Å². The molecule has 4 rings (SSSR count). The first-order chi connectivity index (χ1) is 12.1. The van der Waals surface area contributed by atoms with Gasteiger partial charge < -0.3 is 10.2 Å². The number of amides is 2. The number of carbonyl (C=O) groups excluding carboxylic acids is 2. The van der Waals surface area contributed by atoms with Crippen LogP contribution in [0.15, 0.2) is 42.7 Å². The normalized spacial score (nSPS) is 21.2. The van der Waals surface area contributed by atoms with Crippen LogP contribution in [-0.2, 0) is 9.59 Å². The maximum Gasteiger partial charge on any atom is 0.241 e. The molecule has 0 bridgehead atoms. The van der Waals surface area contributed by atoms with E-state index in [0.29, 0.717) is 24.7 Å². The van der Waals surface area contributed by atoms with Crippen LogP contribution >= 0.6 is 0 Å². The van der Waals surface area contributed by atoms with Gasteiger partial charge in [-0.05, 0) is 25.1 Å². The van der Waals surface area contributed by atoms with E-state index in [2.05, 4.69) is 15.3 Å². The molecule has 0 unspecified atom stereocenters. The highest BCUT2D eigenvalue weighted by Gasteiger charge is 2.34. The minimum Gasteiger partial charge on any atom is -0.324 e. The number of benzene rings is 1. The molecule has 0 aliphatic carbocycles. The summed E-state index contributed by atoms with van der Waals surface area (Å²) in [4.78, 5) is 28.8. The lowest BCUT2D eigenvalue weighted by molar-refractivity contribution is -0.121. The number of carbonyl (C=O) groups is 2. The number of aromatic nitrogens is 2. The van der Waals surface area contributed by atoms with Gasteiger partial charge in [-0.2, -0.15) is 5.10 Å². The van der Waals surface area contributed by atoms with E-state index in [1.807, 2.05) is 48.1 Å². The van der Waals surface area contributed by atoms with Gasteiger partial charge in [0.05, 0.1) is 24.0 Å². The van der Waals surface area contributed by atoms with E-state index in [-0.39, 0.29) is 17.9 Å². The molecule has 130 valence electrons. The second kappa shape index (κ2) is 6.33. The quantitative estimate of drug-likeness (QED) is 0.920. The Kier molecular flexibility index (Phi) is 4.01. The lowest BCUT2D eigenvalue weighted by Crippen LogP contribution is -2.53. The Morgan fingerprint density at radius 3 is 2.84 bits per heavy atom. The zero-order chi connectivity index (χ0) is 17.4. The van der Waals surface area contributed by atoms with Gasteiger partial charge in [-0.1, -0.05) is 12.1 Å². The predicted octanol–water partition coefficient (Wildman–Crippen LogP) is 1.50. The lowest BCUT2D eigenvalue weighted by Gasteiger charge is -2.40. The van der Waals surface area contributed by atoms with Crippen molar-refractivity contribution in [3.63, 3.8) is 0 Å². The molecule has 25 heavy (non-hydrogen) atoms. The lowest BCUT2D eigenvalue weighted by atomic mass is 10.1. The number of hydrogen-bond donors (Lipinski definition) is 1. The summed E-state index contributed by atoms with van der Waals surface area (Å²) in [5, 5.41) is 7.14. The number of rotatable bonds is 3. The van der Waals surface area contributed by atoms with Gasteiger partial charge in [0.1, 0.15) is 0 Å². The summed E-state index contributed by atoms with van der Waals surface area (Å²) in [5.41, 5.74) is 1.47. The molecule has 2 aliphatic heterocycles. The van der Waals surface area contributed by atoms with Crippen LogP contribution in [0, 0.1) is 0 Å². The third-order valence-electron chi connectivity index (χ3n) is 4.82. The SMILES string of the molecule is C[C@H]1CC(=O)Nc2ccccc2N1C(=O)CN1CC(n2cccn2)C1. The molecule has 1 aromatic heterocycles. The molecule has 0 saturated carbocycles. The Balaban J connectivity index is 1.47. The third kappa shape index (κ3) is 3.02. The predicted molar refractivity (Wildman–Crippen MR) is 94.3 cm³/mol. The van der Waals surface area contributed by atoms with Gasteiger partial charge in [0.25, 0.3) is 0 Å². The zero-order valence-electron chi connectivity index (χ0n) is 14.1. The van der Waals surface area contributed by atoms with Gasteiger partial charge >= 0.3 is 0 Å². The standard InChI is InChI=1S/C18H21N5O2/c1-13-9-17(24)20-15-5-2-3-6-16(15)23(13)18(25)12-21-10-14(11-21)22-8-4-7-19-22/h2-8,13-14H,9-12H2,1H3,(H,20,24)/t13-/m0/s1. The summed E-state index contributed by atoms with van der Waals surface area (Å²) in [7, 11) is 0. The smallest absolute Gasteiger partial charge is 0.241 e. The molecule has 0 spiro atoms. The van der Waals surface area contributed by atoms with E-state index in [9.17, 15) is 9.59 Å². The average molecular weight is 339 g/mol. The second-order valence-corrected chi connectivity index (χ2v) is 6.72. The van der Waals surface area contributed by atoms with E-state index in [0.717, 1.165) is 18.8 Å². The Labute approximate surface area is 146 Å². The van der Waals surface area contributed by atoms with Gasteiger partial charge in [-0.25, -0.2) is 0 Å². The molecule has 3 heterocycles. The fourth-order valence-corrected chi connectivity index (χ4v) is 3.57. The van der Waals surface area contributed by atoms with Crippen LogP contribution in [0.4, 0.5) is 11.4 Å². The van der Waals surface area contributed by atoms with E-state index in [1.54, 1.807) is 11.1 Å². The van der Waals surface area contributed by atoms with Gasteiger partial charge in [0.2, 0.25) is 11.8 Å². The van der Waals surface area contributed by atoms with Crippen molar-refractivity contribution in [2.75, 3.05) is 29.9 Å². The highest BCUT2D eigenvalue weighted by atomic mass is 16.2. The van der Waals surface area contributed by atoms with Gasteiger partial charge in [-0.15, -0.1) is 0 Å². The van der Waals surface area contributed by atoms with Crippen molar-refractivity contribution in [2.24, 2.45) is 0 Å². The van der Waals surface area contributed by atoms with Crippen molar-refractivity contribution < 1.29 is 9.59 Å². The van der Waals surface area contributed by atoms with Crippen LogP contribution in [0.1, 0.15) is 19.4 Å². The van der Waals surface area contributed by atoms with E-state index < -0.39 is 0 Å². The summed E-state index contributed by atoms with van der Waals surface area (Å²) in [6, 6.07) is 9.55. The minimum atomic E-state index is -0.167. The molecule has 2 amide bonds. The molecule has 1 N–H and O–H groups in total. The molecule has 1 aromatic carbocycles. The molecular formula is C18H21N5O2. The van der Waals surface area contributed by atoms with Crippen LogP contribution in [0.25, 0.3) is 0 Å². The Morgan fingerprint density at radius 2 is 2.08 bits per heavy atom. The molecular weight excluding hydrogens is 318 g/mol. The van der Waals surface area contributed by atoms with Gasteiger partial charge in [0, 0.05) is 37.9 Å². The molecule has 1 atom stereocenters. The van der Waals surface area contributed by atoms with Crippen molar-refractivity contribution in [1.29, 1.82) is 0 Å². The molecule has 1 fully saturated rings. The van der Waals surface area contributed by atoms with Crippen LogP contribution in [0.3, 0.4) is 0 Å². The molecule has 0 radical (unpaired) electrons. The third-order valence-corrected chi connectivity index (χ3v) is 4.82. The number of nitrogens with one attached hydrogen (secondary N) is 1. The first kappa shape index (κ1) is 15.8. The number of fused-ring (bicyclic) bond motifs is 1. The number of anilines is 2. The summed E-state index contributed by atoms with van der Waals surface area (Å²) in [6.07, 6.45) is 4.03. The molecule has 2 aliphatic rings. The summed E-state index contributed by atoms with van der Waals surface area (Å²) >= 11 is 0.